The maximum absolute atomic E-state index is 8.55. The first kappa shape index (κ1) is 10.8. The summed E-state index contributed by atoms with van der Waals surface area (Å²) < 4.78 is 0. The third-order valence-electron chi connectivity index (χ3n) is 1.97. The van der Waals surface area contributed by atoms with Gasteiger partial charge < -0.3 is 5.21 Å². The quantitative estimate of drug-likeness (QED) is 0.451. The van der Waals surface area contributed by atoms with Crippen molar-refractivity contribution >= 4 is 23.4 Å². The highest BCUT2D eigenvalue weighted by Gasteiger charge is 1.95. The molecule has 0 amide bonds. The van der Waals surface area contributed by atoms with Gasteiger partial charge in [0.1, 0.15) is 0 Å². The van der Waals surface area contributed by atoms with Gasteiger partial charge in [0, 0.05) is 5.02 Å². The summed E-state index contributed by atoms with van der Waals surface area (Å²) >= 11 is 5.75. The smallest absolute Gasteiger partial charge is 0.0794 e. The van der Waals surface area contributed by atoms with Crippen LogP contribution in [0.3, 0.4) is 0 Å². The van der Waals surface area contributed by atoms with Crippen LogP contribution >= 0.6 is 11.6 Å². The van der Waals surface area contributed by atoms with E-state index >= 15 is 0 Å². The molecule has 3 heteroatoms. The van der Waals surface area contributed by atoms with Crippen molar-refractivity contribution in [3.05, 3.63) is 40.4 Å². The lowest BCUT2D eigenvalue weighted by Gasteiger charge is -1.98. The van der Waals surface area contributed by atoms with Crippen molar-refractivity contribution in [2.75, 3.05) is 0 Å². The Labute approximate surface area is 88.5 Å². The largest absolute Gasteiger partial charge is 0.411 e. The molecule has 0 aliphatic heterocycles. The topological polar surface area (TPSA) is 32.6 Å². The van der Waals surface area contributed by atoms with Crippen molar-refractivity contribution < 1.29 is 5.21 Å². The van der Waals surface area contributed by atoms with Crippen molar-refractivity contribution in [1.29, 1.82) is 0 Å². The molecule has 0 radical (unpaired) electrons. The maximum atomic E-state index is 8.55. The highest BCUT2D eigenvalue weighted by atomic mass is 35.5. The van der Waals surface area contributed by atoms with Crippen molar-refractivity contribution in [3.63, 3.8) is 0 Å². The predicted octanol–water partition coefficient (Wildman–Crippen LogP) is 3.59. The molecule has 1 aromatic rings. The number of halogens is 1. The fourth-order valence-electron chi connectivity index (χ4n) is 0.992. The van der Waals surface area contributed by atoms with E-state index in [4.69, 9.17) is 16.8 Å². The van der Waals surface area contributed by atoms with Gasteiger partial charge in [-0.05, 0) is 37.1 Å². The molecule has 0 bridgehead atoms. The van der Waals surface area contributed by atoms with Crippen LogP contribution < -0.4 is 0 Å². The first-order valence-electron chi connectivity index (χ1n) is 4.26. The molecule has 1 aromatic carbocycles. The Morgan fingerprint density at radius 2 is 1.86 bits per heavy atom. The minimum atomic E-state index is 0.611. The zero-order valence-corrected chi connectivity index (χ0v) is 8.92. The van der Waals surface area contributed by atoms with Gasteiger partial charge in [-0.1, -0.05) is 35.0 Å². The van der Waals surface area contributed by atoms with Crippen molar-refractivity contribution in [1.82, 2.24) is 0 Å². The van der Waals surface area contributed by atoms with Gasteiger partial charge >= 0.3 is 0 Å². The highest BCUT2D eigenvalue weighted by Crippen LogP contribution is 2.12. The lowest BCUT2D eigenvalue weighted by Crippen LogP contribution is -1.92. The summed E-state index contributed by atoms with van der Waals surface area (Å²) in [4.78, 5) is 0. The molecule has 1 rings (SSSR count). The molecule has 0 saturated heterocycles. The van der Waals surface area contributed by atoms with E-state index in [1.54, 1.807) is 6.92 Å². The van der Waals surface area contributed by atoms with Gasteiger partial charge in [-0.3, -0.25) is 0 Å². The van der Waals surface area contributed by atoms with Gasteiger partial charge in [-0.2, -0.15) is 0 Å². The fraction of sp³-hybridized carbons (Fsp3) is 0.182. The van der Waals surface area contributed by atoms with Gasteiger partial charge in [-0.25, -0.2) is 0 Å². The average Bonchev–Trinajstić information content (AvgIpc) is 2.20. The number of rotatable bonds is 2. The van der Waals surface area contributed by atoms with Crippen molar-refractivity contribution in [2.24, 2.45) is 5.16 Å². The second-order valence-electron chi connectivity index (χ2n) is 3.06. The van der Waals surface area contributed by atoms with E-state index < -0.39 is 0 Å². The van der Waals surface area contributed by atoms with Crippen LogP contribution in [0, 0.1) is 0 Å². The summed E-state index contributed by atoms with van der Waals surface area (Å²) in [7, 11) is 0. The number of allylic oxidation sites excluding steroid dienone is 1. The molecule has 0 saturated carbocycles. The maximum Gasteiger partial charge on any atom is 0.0794 e. The second kappa shape index (κ2) is 4.82. The Kier molecular flexibility index (Phi) is 3.72. The molecular formula is C11H12ClNO. The lowest BCUT2D eigenvalue weighted by atomic mass is 10.1. The number of nitrogens with zero attached hydrogens (tertiary/aromatic N) is 1. The summed E-state index contributed by atoms with van der Waals surface area (Å²) in [5, 5.41) is 12.4. The van der Waals surface area contributed by atoms with Gasteiger partial charge in [0.05, 0.1) is 5.71 Å². The van der Waals surface area contributed by atoms with Gasteiger partial charge in [0.2, 0.25) is 0 Å². The zero-order chi connectivity index (χ0) is 10.6. The average molecular weight is 210 g/mol. The molecule has 0 heterocycles. The molecule has 0 spiro atoms. The first-order chi connectivity index (χ1) is 6.63. The van der Waals surface area contributed by atoms with Crippen LogP contribution in [-0.2, 0) is 0 Å². The molecule has 0 aliphatic carbocycles. The van der Waals surface area contributed by atoms with E-state index in [2.05, 4.69) is 5.16 Å². The molecule has 1 N–H and O–H groups in total. The van der Waals surface area contributed by atoms with Crippen molar-refractivity contribution in [3.8, 4) is 0 Å². The Balaban J connectivity index is 2.92. The SMILES string of the molecule is CC(=C/c1ccc(Cl)cc1)/C(C)=N/O. The Morgan fingerprint density at radius 3 is 2.36 bits per heavy atom. The van der Waals surface area contributed by atoms with E-state index in [1.165, 1.54) is 0 Å². The lowest BCUT2D eigenvalue weighted by molar-refractivity contribution is 0.319. The number of hydrogen-bond acceptors (Lipinski definition) is 2. The molecule has 0 fully saturated rings. The van der Waals surface area contributed by atoms with E-state index in [0.29, 0.717) is 10.7 Å². The van der Waals surface area contributed by atoms with E-state index in [0.717, 1.165) is 11.1 Å². The zero-order valence-electron chi connectivity index (χ0n) is 8.16. The summed E-state index contributed by atoms with van der Waals surface area (Å²) in [6.07, 6.45) is 1.94. The number of benzene rings is 1. The first-order valence-corrected chi connectivity index (χ1v) is 4.64. The molecule has 0 unspecified atom stereocenters. The van der Waals surface area contributed by atoms with Crippen LogP contribution in [0.5, 0.6) is 0 Å². The standard InChI is InChI=1S/C11H12ClNO/c1-8(9(2)13-14)7-10-3-5-11(12)6-4-10/h3-7,14H,1-2H3/b8-7-,13-9+. The summed E-state index contributed by atoms with van der Waals surface area (Å²) in [6.45, 7) is 3.64. The molecule has 0 aromatic heterocycles. The van der Waals surface area contributed by atoms with Crippen LogP contribution in [0.1, 0.15) is 19.4 Å². The Bertz CT molecular complexity index is 365. The second-order valence-corrected chi connectivity index (χ2v) is 3.50. The van der Waals surface area contributed by atoms with Crippen molar-refractivity contribution in [2.45, 2.75) is 13.8 Å². The number of hydrogen-bond donors (Lipinski definition) is 1. The van der Waals surface area contributed by atoms with Crippen LogP contribution in [0.25, 0.3) is 6.08 Å². The summed E-state index contributed by atoms with van der Waals surface area (Å²) in [5.41, 5.74) is 2.57. The van der Waals surface area contributed by atoms with Crippen LogP contribution in [-0.4, -0.2) is 10.9 Å². The van der Waals surface area contributed by atoms with Crippen LogP contribution in [0.15, 0.2) is 35.0 Å². The Hall–Kier alpha value is -1.28. The molecule has 74 valence electrons. The van der Waals surface area contributed by atoms with Gasteiger partial charge in [0.25, 0.3) is 0 Å². The van der Waals surface area contributed by atoms with Crippen LogP contribution in [0.2, 0.25) is 5.02 Å². The number of oxime groups is 1. The van der Waals surface area contributed by atoms with E-state index in [-0.39, 0.29) is 0 Å². The molecule has 14 heavy (non-hydrogen) atoms. The minimum absolute atomic E-state index is 0.611. The minimum Gasteiger partial charge on any atom is -0.411 e. The normalized spacial score (nSPS) is 13.1. The van der Waals surface area contributed by atoms with Crippen LogP contribution in [0.4, 0.5) is 0 Å². The molecule has 2 nitrogen and oxygen atoms in total. The predicted molar refractivity (Wildman–Crippen MR) is 60.0 cm³/mol. The Morgan fingerprint density at radius 1 is 1.29 bits per heavy atom. The van der Waals surface area contributed by atoms with Gasteiger partial charge in [0.15, 0.2) is 0 Å². The monoisotopic (exact) mass is 209 g/mol. The molecular weight excluding hydrogens is 198 g/mol. The summed E-state index contributed by atoms with van der Waals surface area (Å²) in [5.74, 6) is 0. The highest BCUT2D eigenvalue weighted by molar-refractivity contribution is 6.30. The van der Waals surface area contributed by atoms with Gasteiger partial charge in [-0.15, -0.1) is 0 Å². The van der Waals surface area contributed by atoms with E-state index in [9.17, 15) is 0 Å². The third kappa shape index (κ3) is 2.89. The summed E-state index contributed by atoms with van der Waals surface area (Å²) in [6, 6.07) is 7.48. The molecule has 0 aliphatic rings. The van der Waals surface area contributed by atoms with E-state index in [1.807, 2.05) is 37.3 Å². The fourth-order valence-corrected chi connectivity index (χ4v) is 1.12. The third-order valence-corrected chi connectivity index (χ3v) is 2.23. The molecule has 0 atom stereocenters.